The molecule has 0 aromatic rings. The van der Waals surface area contributed by atoms with Crippen LogP contribution in [0.3, 0.4) is 0 Å². The molecular weight excluding hydrogens is 228 g/mol. The zero-order valence-corrected chi connectivity index (χ0v) is 12.1. The molecule has 0 amide bonds. The molecule has 18 heavy (non-hydrogen) atoms. The van der Waals surface area contributed by atoms with E-state index in [2.05, 4.69) is 16.8 Å². The molecule has 0 aliphatic rings. The highest BCUT2D eigenvalue weighted by molar-refractivity contribution is 6.01. The summed E-state index contributed by atoms with van der Waals surface area (Å²) in [6.45, 7) is 7.97. The number of likely N-dealkylation sites (N-methyl/N-ethyl adjacent to an activating group) is 2. The first-order valence-corrected chi connectivity index (χ1v) is 6.19. The number of nitrogens with one attached hydrogen (secondary N) is 1. The van der Waals surface area contributed by atoms with Gasteiger partial charge in [-0.2, -0.15) is 0 Å². The van der Waals surface area contributed by atoms with E-state index in [9.17, 15) is 5.11 Å². The molecule has 0 fully saturated rings. The van der Waals surface area contributed by atoms with Gasteiger partial charge in [-0.3, -0.25) is 5.41 Å². The summed E-state index contributed by atoms with van der Waals surface area (Å²) in [5, 5.41) is 16.8. The lowest BCUT2D eigenvalue weighted by atomic mass is 10.2. The van der Waals surface area contributed by atoms with Gasteiger partial charge in [0.1, 0.15) is 6.34 Å². The third kappa shape index (κ3) is 7.19. The van der Waals surface area contributed by atoms with Crippen molar-refractivity contribution in [2.24, 2.45) is 4.99 Å². The molecule has 0 saturated carbocycles. The fraction of sp³-hybridized carbons (Fsp3) is 0.692. The topological polar surface area (TPSA) is 62.9 Å². The zero-order chi connectivity index (χ0) is 14.1. The van der Waals surface area contributed by atoms with Crippen LogP contribution in [0.15, 0.2) is 16.8 Å². The van der Waals surface area contributed by atoms with Crippen LogP contribution in [0.25, 0.3) is 0 Å². The Balaban J connectivity index is 4.55. The number of aliphatic hydroxyl groups is 1. The Morgan fingerprint density at radius 2 is 1.94 bits per heavy atom. The molecule has 2 N–H and O–H groups in total. The molecule has 0 aromatic heterocycles. The van der Waals surface area contributed by atoms with Crippen LogP contribution in [0.5, 0.6) is 0 Å². The number of aliphatic hydroxyl groups excluding tert-OH is 1. The predicted molar refractivity (Wildman–Crippen MR) is 77.5 cm³/mol. The van der Waals surface area contributed by atoms with Gasteiger partial charge >= 0.3 is 0 Å². The molecule has 0 unspecified atom stereocenters. The van der Waals surface area contributed by atoms with E-state index in [0.29, 0.717) is 13.1 Å². The van der Waals surface area contributed by atoms with Crippen LogP contribution in [0, 0.1) is 5.41 Å². The molecule has 0 aliphatic heterocycles. The Morgan fingerprint density at radius 3 is 2.39 bits per heavy atom. The first-order chi connectivity index (χ1) is 8.40. The van der Waals surface area contributed by atoms with Crippen LogP contribution < -0.4 is 0 Å². The number of nitrogens with zero attached hydrogens (tertiary/aromatic N) is 3. The number of hydrogen-bond acceptors (Lipinski definition) is 4. The van der Waals surface area contributed by atoms with Crippen LogP contribution in [0.2, 0.25) is 0 Å². The average Bonchev–Trinajstić information content (AvgIpc) is 2.27. The summed E-state index contributed by atoms with van der Waals surface area (Å²) in [5.74, 6) is 0. The van der Waals surface area contributed by atoms with Gasteiger partial charge in [0, 0.05) is 31.5 Å². The third-order valence-electron chi connectivity index (χ3n) is 2.63. The van der Waals surface area contributed by atoms with E-state index in [-0.39, 0.29) is 6.10 Å². The lowest BCUT2D eigenvalue weighted by molar-refractivity contribution is 0.107. The number of rotatable bonds is 8. The highest BCUT2D eigenvalue weighted by Gasteiger charge is 2.09. The first kappa shape index (κ1) is 16.8. The second-order valence-corrected chi connectivity index (χ2v) is 4.66. The van der Waals surface area contributed by atoms with Crippen molar-refractivity contribution in [3.05, 3.63) is 11.8 Å². The van der Waals surface area contributed by atoms with Gasteiger partial charge in [0.15, 0.2) is 0 Å². The summed E-state index contributed by atoms with van der Waals surface area (Å²) < 4.78 is 0. The van der Waals surface area contributed by atoms with Crippen LogP contribution in [-0.4, -0.2) is 66.8 Å². The van der Waals surface area contributed by atoms with E-state index in [1.165, 1.54) is 0 Å². The van der Waals surface area contributed by atoms with E-state index in [0.717, 1.165) is 24.2 Å². The minimum atomic E-state index is -0.371. The van der Waals surface area contributed by atoms with E-state index >= 15 is 0 Å². The zero-order valence-electron chi connectivity index (χ0n) is 12.1. The number of hydrogen-bond donors (Lipinski definition) is 2. The van der Waals surface area contributed by atoms with Gasteiger partial charge in [-0.1, -0.05) is 0 Å². The molecule has 0 spiro atoms. The molecule has 0 aliphatic carbocycles. The highest BCUT2D eigenvalue weighted by Crippen LogP contribution is 2.02. The molecule has 0 aromatic carbocycles. The molecular formula is C13H26N4O. The summed E-state index contributed by atoms with van der Waals surface area (Å²) in [7, 11) is 3.89. The lowest BCUT2D eigenvalue weighted by Gasteiger charge is -2.24. The van der Waals surface area contributed by atoms with Gasteiger partial charge in [-0.15, -0.1) is 0 Å². The largest absolute Gasteiger partial charge is 0.390 e. The Morgan fingerprint density at radius 1 is 1.33 bits per heavy atom. The van der Waals surface area contributed by atoms with E-state index in [1.807, 2.05) is 39.0 Å². The maximum absolute atomic E-state index is 9.90. The van der Waals surface area contributed by atoms with Gasteiger partial charge in [-0.05, 0) is 40.4 Å². The van der Waals surface area contributed by atoms with Crippen LogP contribution >= 0.6 is 0 Å². The fourth-order valence-electron chi connectivity index (χ4n) is 1.59. The second kappa shape index (κ2) is 8.83. The van der Waals surface area contributed by atoms with Crippen molar-refractivity contribution in [1.29, 1.82) is 5.41 Å². The van der Waals surface area contributed by atoms with Gasteiger partial charge < -0.3 is 14.9 Å². The number of aliphatic imine (C=N–C) groups is 1. The first-order valence-electron chi connectivity index (χ1n) is 6.19. The van der Waals surface area contributed by atoms with Crippen LogP contribution in [0.4, 0.5) is 0 Å². The Bertz CT molecular complexity index is 310. The molecule has 0 heterocycles. The van der Waals surface area contributed by atoms with E-state index < -0.39 is 0 Å². The molecule has 0 bridgehead atoms. The minimum Gasteiger partial charge on any atom is -0.390 e. The molecule has 5 nitrogen and oxygen atoms in total. The average molecular weight is 254 g/mol. The normalized spacial score (nSPS) is 14.8. The number of allylic oxidation sites excluding steroid dienone is 1. The fourth-order valence-corrected chi connectivity index (χ4v) is 1.59. The maximum Gasteiger partial charge on any atom is 0.107 e. The molecule has 104 valence electrons. The summed E-state index contributed by atoms with van der Waals surface area (Å²) in [6.07, 6.45) is 2.66. The van der Waals surface area contributed by atoms with Crippen LogP contribution in [0.1, 0.15) is 20.8 Å². The predicted octanol–water partition coefficient (Wildman–Crippen LogP) is 1.20. The van der Waals surface area contributed by atoms with Gasteiger partial charge in [-0.25, -0.2) is 4.99 Å². The highest BCUT2D eigenvalue weighted by atomic mass is 16.3. The Hall–Kier alpha value is -1.20. The van der Waals surface area contributed by atoms with Gasteiger partial charge in [0.2, 0.25) is 0 Å². The van der Waals surface area contributed by atoms with Crippen molar-refractivity contribution in [2.45, 2.75) is 26.9 Å². The van der Waals surface area contributed by atoms with Gasteiger partial charge in [0.05, 0.1) is 6.10 Å². The van der Waals surface area contributed by atoms with Crippen molar-refractivity contribution in [2.75, 3.05) is 33.7 Å². The summed E-state index contributed by atoms with van der Waals surface area (Å²) in [5.41, 5.74) is 1.84. The minimum absolute atomic E-state index is 0.371. The van der Waals surface area contributed by atoms with Crippen molar-refractivity contribution in [3.63, 3.8) is 0 Å². The lowest BCUT2D eigenvalue weighted by Crippen LogP contribution is -2.35. The van der Waals surface area contributed by atoms with E-state index in [1.54, 1.807) is 0 Å². The van der Waals surface area contributed by atoms with Crippen molar-refractivity contribution >= 4 is 12.1 Å². The van der Waals surface area contributed by atoms with Crippen molar-refractivity contribution < 1.29 is 5.11 Å². The molecule has 0 radical (unpaired) electrons. The summed E-state index contributed by atoms with van der Waals surface area (Å²) in [4.78, 5) is 7.96. The van der Waals surface area contributed by atoms with Gasteiger partial charge in [0.25, 0.3) is 0 Å². The third-order valence-corrected chi connectivity index (χ3v) is 2.63. The monoisotopic (exact) mass is 254 g/mol. The molecule has 0 saturated heterocycles. The maximum atomic E-state index is 9.90. The van der Waals surface area contributed by atoms with E-state index in [4.69, 9.17) is 5.41 Å². The SMILES string of the molecule is CCN(/C=C(\C)C(C)=NC=N)C[C@H](O)CN(C)C. The smallest absolute Gasteiger partial charge is 0.107 e. The molecule has 0 rings (SSSR count). The summed E-state index contributed by atoms with van der Waals surface area (Å²) >= 11 is 0. The van der Waals surface area contributed by atoms with Crippen molar-refractivity contribution in [3.8, 4) is 0 Å². The Labute approximate surface area is 110 Å². The van der Waals surface area contributed by atoms with Crippen LogP contribution in [-0.2, 0) is 0 Å². The second-order valence-electron chi connectivity index (χ2n) is 4.66. The standard InChI is InChI=1S/C13H26N4O/c1-6-17(9-13(18)8-16(4)5)7-11(2)12(3)15-10-14/h7,10,13-14,18H,6,8-9H2,1-5H3/b11-7+,14-10?,15-12?/t13-/m1/s1. The molecule has 1 atom stereocenters. The van der Waals surface area contributed by atoms with Crippen molar-refractivity contribution in [1.82, 2.24) is 9.80 Å². The summed E-state index contributed by atoms with van der Waals surface area (Å²) in [6, 6.07) is 0. The quantitative estimate of drug-likeness (QED) is 0.505. The molecule has 5 heteroatoms. The Kier molecular flexibility index (Phi) is 8.24.